The largest absolute Gasteiger partial charge is 0.390 e. The highest BCUT2D eigenvalue weighted by atomic mass is 16.5. The lowest BCUT2D eigenvalue weighted by atomic mass is 10.1. The van der Waals surface area contributed by atoms with Crippen LogP contribution in [0.1, 0.15) is 38.2 Å². The first kappa shape index (κ1) is 20.1. The molecule has 156 valence electrons. The van der Waals surface area contributed by atoms with Gasteiger partial charge >= 0.3 is 0 Å². The standard InChI is InChI=1S/C22H30N4O3/c1-14-10-17(22(28)21(14)27)26-20-11-19(23-13-24-20)25-16-8-5-9-18(16)29-12-15-6-3-2-4-7-15/h2-4,6-7,11,13-14,16-18,21-22,27-28H,5,8-10,12H2,1H3,(H2,23,24,25,26)/t14-,16-,17-,18-,21-,22+/m1/s1. The topological polar surface area (TPSA) is 99.5 Å². The van der Waals surface area contributed by atoms with Gasteiger partial charge in [-0.3, -0.25) is 0 Å². The SMILES string of the molecule is C[C@@H]1C[C@@H](Nc2cc(N[C@@H]3CCC[C@H]3OCc3ccccc3)ncn2)[C@H](O)[C@@H]1O. The van der Waals surface area contributed by atoms with Crippen molar-refractivity contribution in [3.05, 3.63) is 48.3 Å². The summed E-state index contributed by atoms with van der Waals surface area (Å²) in [6.45, 7) is 2.55. The zero-order chi connectivity index (χ0) is 20.2. The van der Waals surface area contributed by atoms with Crippen molar-refractivity contribution in [2.24, 2.45) is 5.92 Å². The number of aromatic nitrogens is 2. The predicted octanol–water partition coefficient (Wildman–Crippen LogP) is 2.57. The highest BCUT2D eigenvalue weighted by Gasteiger charge is 2.39. The van der Waals surface area contributed by atoms with Crippen LogP contribution in [0.2, 0.25) is 0 Å². The van der Waals surface area contributed by atoms with Gasteiger partial charge in [-0.2, -0.15) is 0 Å². The highest BCUT2D eigenvalue weighted by Crippen LogP contribution is 2.29. The molecule has 0 saturated heterocycles. The molecule has 2 saturated carbocycles. The van der Waals surface area contributed by atoms with E-state index in [0.29, 0.717) is 18.8 Å². The number of nitrogens with zero attached hydrogens (tertiary/aromatic N) is 2. The molecule has 29 heavy (non-hydrogen) atoms. The first-order chi connectivity index (χ1) is 14.1. The number of rotatable bonds is 7. The van der Waals surface area contributed by atoms with E-state index in [1.807, 2.05) is 31.2 Å². The zero-order valence-corrected chi connectivity index (χ0v) is 16.7. The third-order valence-corrected chi connectivity index (χ3v) is 6.06. The number of aliphatic hydroxyl groups excluding tert-OH is 2. The van der Waals surface area contributed by atoms with Gasteiger partial charge in [0.15, 0.2) is 0 Å². The molecule has 1 heterocycles. The maximum Gasteiger partial charge on any atom is 0.131 e. The number of anilines is 2. The number of hydrogen-bond acceptors (Lipinski definition) is 7. The minimum Gasteiger partial charge on any atom is -0.390 e. The average Bonchev–Trinajstić information content (AvgIpc) is 3.27. The second kappa shape index (κ2) is 9.07. The van der Waals surface area contributed by atoms with Crippen LogP contribution in [0.3, 0.4) is 0 Å². The number of nitrogens with one attached hydrogen (secondary N) is 2. The Kier molecular flexibility index (Phi) is 6.28. The monoisotopic (exact) mass is 398 g/mol. The third-order valence-electron chi connectivity index (χ3n) is 6.06. The van der Waals surface area contributed by atoms with E-state index in [2.05, 4.69) is 32.7 Å². The quantitative estimate of drug-likeness (QED) is 0.569. The van der Waals surface area contributed by atoms with Crippen LogP contribution in [0, 0.1) is 5.92 Å². The van der Waals surface area contributed by atoms with Gasteiger partial charge in [0.25, 0.3) is 0 Å². The van der Waals surface area contributed by atoms with Crippen molar-refractivity contribution < 1.29 is 14.9 Å². The van der Waals surface area contributed by atoms with Gasteiger partial charge in [0, 0.05) is 6.07 Å². The minimum atomic E-state index is -0.790. The first-order valence-corrected chi connectivity index (χ1v) is 10.5. The van der Waals surface area contributed by atoms with Crippen molar-refractivity contribution in [3.8, 4) is 0 Å². The molecule has 0 aliphatic heterocycles. The summed E-state index contributed by atoms with van der Waals surface area (Å²) in [7, 11) is 0. The zero-order valence-electron chi connectivity index (χ0n) is 16.7. The van der Waals surface area contributed by atoms with Crippen LogP contribution in [0.15, 0.2) is 42.7 Å². The van der Waals surface area contributed by atoms with Gasteiger partial charge in [-0.25, -0.2) is 9.97 Å². The van der Waals surface area contributed by atoms with Crippen molar-refractivity contribution in [2.75, 3.05) is 10.6 Å². The molecule has 2 aliphatic rings. The van der Waals surface area contributed by atoms with Crippen LogP contribution in [0.25, 0.3) is 0 Å². The van der Waals surface area contributed by atoms with Gasteiger partial charge in [-0.15, -0.1) is 0 Å². The van der Waals surface area contributed by atoms with Crippen molar-refractivity contribution in [1.29, 1.82) is 0 Å². The van der Waals surface area contributed by atoms with E-state index in [1.54, 1.807) is 0 Å². The summed E-state index contributed by atoms with van der Waals surface area (Å²) in [6, 6.07) is 12.1. The van der Waals surface area contributed by atoms with Gasteiger partial charge in [0.2, 0.25) is 0 Å². The fourth-order valence-electron chi connectivity index (χ4n) is 4.36. The average molecular weight is 399 g/mol. The second-order valence-corrected chi connectivity index (χ2v) is 8.25. The van der Waals surface area contributed by atoms with Gasteiger partial charge in [0.05, 0.1) is 30.9 Å². The van der Waals surface area contributed by atoms with Crippen molar-refractivity contribution in [1.82, 2.24) is 9.97 Å². The van der Waals surface area contributed by atoms with E-state index in [9.17, 15) is 10.2 Å². The number of aliphatic hydroxyl groups is 2. The molecule has 0 amide bonds. The molecule has 0 bridgehead atoms. The molecular formula is C22H30N4O3. The summed E-state index contributed by atoms with van der Waals surface area (Å²) >= 11 is 0. The van der Waals surface area contributed by atoms with Crippen LogP contribution in [-0.4, -0.2) is 50.6 Å². The van der Waals surface area contributed by atoms with Gasteiger partial charge in [-0.1, -0.05) is 37.3 Å². The van der Waals surface area contributed by atoms with E-state index in [0.717, 1.165) is 25.1 Å². The van der Waals surface area contributed by atoms with Gasteiger partial charge in [-0.05, 0) is 37.2 Å². The van der Waals surface area contributed by atoms with E-state index in [4.69, 9.17) is 4.74 Å². The summed E-state index contributed by atoms with van der Waals surface area (Å²) in [5, 5.41) is 26.9. The molecule has 2 aromatic rings. The van der Waals surface area contributed by atoms with Crippen LogP contribution in [-0.2, 0) is 11.3 Å². The summed E-state index contributed by atoms with van der Waals surface area (Å²) < 4.78 is 6.17. The Bertz CT molecular complexity index is 791. The fourth-order valence-corrected chi connectivity index (χ4v) is 4.36. The van der Waals surface area contributed by atoms with Crippen LogP contribution in [0.4, 0.5) is 11.6 Å². The number of benzene rings is 1. The van der Waals surface area contributed by atoms with Gasteiger partial charge < -0.3 is 25.6 Å². The molecule has 1 aromatic carbocycles. The molecule has 4 rings (SSSR count). The summed E-state index contributed by atoms with van der Waals surface area (Å²) in [6.07, 6.45) is 4.07. The Morgan fingerprint density at radius 1 is 1.00 bits per heavy atom. The van der Waals surface area contributed by atoms with Crippen molar-refractivity contribution >= 4 is 11.6 Å². The Hall–Kier alpha value is -2.22. The normalized spacial score (nSPS) is 31.7. The van der Waals surface area contributed by atoms with Crippen molar-refractivity contribution in [3.63, 3.8) is 0 Å². The molecule has 2 fully saturated rings. The highest BCUT2D eigenvalue weighted by molar-refractivity contribution is 5.48. The number of ether oxygens (including phenoxy) is 1. The molecule has 7 nitrogen and oxygen atoms in total. The van der Waals surface area contributed by atoms with Gasteiger partial charge in [0.1, 0.15) is 24.1 Å². The predicted molar refractivity (Wildman–Crippen MR) is 112 cm³/mol. The van der Waals surface area contributed by atoms with E-state index < -0.39 is 12.2 Å². The maximum atomic E-state index is 10.2. The lowest BCUT2D eigenvalue weighted by Gasteiger charge is -2.23. The van der Waals surface area contributed by atoms with E-state index in [-0.39, 0.29) is 24.1 Å². The summed E-state index contributed by atoms with van der Waals surface area (Å²) in [5.74, 6) is 1.44. The second-order valence-electron chi connectivity index (χ2n) is 8.25. The first-order valence-electron chi connectivity index (χ1n) is 10.5. The Morgan fingerprint density at radius 3 is 2.41 bits per heavy atom. The number of hydrogen-bond donors (Lipinski definition) is 4. The smallest absolute Gasteiger partial charge is 0.131 e. The Morgan fingerprint density at radius 2 is 1.72 bits per heavy atom. The Labute approximate surface area is 171 Å². The fraction of sp³-hybridized carbons (Fsp3) is 0.545. The molecule has 6 atom stereocenters. The van der Waals surface area contributed by atoms with E-state index >= 15 is 0 Å². The molecule has 0 radical (unpaired) electrons. The molecule has 0 unspecified atom stereocenters. The van der Waals surface area contributed by atoms with Crippen LogP contribution >= 0.6 is 0 Å². The maximum absolute atomic E-state index is 10.2. The third kappa shape index (κ3) is 4.86. The lowest BCUT2D eigenvalue weighted by molar-refractivity contribution is 0.0210. The minimum absolute atomic E-state index is 0.0583. The van der Waals surface area contributed by atoms with E-state index in [1.165, 1.54) is 11.9 Å². The molecular weight excluding hydrogens is 368 g/mol. The molecule has 7 heteroatoms. The molecule has 4 N–H and O–H groups in total. The van der Waals surface area contributed by atoms with Crippen LogP contribution < -0.4 is 10.6 Å². The van der Waals surface area contributed by atoms with Crippen molar-refractivity contribution in [2.45, 2.75) is 69.6 Å². The summed E-state index contributed by atoms with van der Waals surface area (Å²) in [5.41, 5.74) is 1.18. The Balaban J connectivity index is 1.34. The molecule has 2 aliphatic carbocycles. The lowest BCUT2D eigenvalue weighted by Crippen LogP contribution is -2.35. The van der Waals surface area contributed by atoms with Crippen LogP contribution in [0.5, 0.6) is 0 Å². The molecule has 1 aromatic heterocycles. The summed E-state index contributed by atoms with van der Waals surface area (Å²) in [4.78, 5) is 8.62. The molecule has 0 spiro atoms.